The smallest absolute Gasteiger partial charge is 0.0314 e. The first-order valence-corrected chi connectivity index (χ1v) is 5.23. The highest BCUT2D eigenvalue weighted by molar-refractivity contribution is 5.39. The van der Waals surface area contributed by atoms with Crippen LogP contribution in [0.3, 0.4) is 0 Å². The number of anilines is 1. The van der Waals surface area contributed by atoms with Crippen molar-refractivity contribution in [1.29, 1.82) is 0 Å². The van der Waals surface area contributed by atoms with Gasteiger partial charge in [0.25, 0.3) is 0 Å². The number of hydrogen-bond acceptors (Lipinski definition) is 2. The van der Waals surface area contributed by atoms with Crippen molar-refractivity contribution >= 4 is 5.69 Å². The normalized spacial score (nSPS) is 10.8. The van der Waals surface area contributed by atoms with Gasteiger partial charge in [0.1, 0.15) is 0 Å². The van der Waals surface area contributed by atoms with Crippen molar-refractivity contribution in [2.75, 3.05) is 12.3 Å². The molecule has 1 aromatic carbocycles. The quantitative estimate of drug-likeness (QED) is 0.555. The molecule has 0 unspecified atom stereocenters. The summed E-state index contributed by atoms with van der Waals surface area (Å²) >= 11 is 0. The Morgan fingerprint density at radius 3 is 2.43 bits per heavy atom. The first kappa shape index (κ1) is 11.1. The Morgan fingerprint density at radius 2 is 1.86 bits per heavy atom. The second-order valence-electron chi connectivity index (χ2n) is 4.10. The molecule has 0 amide bonds. The van der Waals surface area contributed by atoms with Crippen molar-refractivity contribution < 1.29 is 0 Å². The fraction of sp³-hybridized carbons (Fsp3) is 0.500. The summed E-state index contributed by atoms with van der Waals surface area (Å²) < 4.78 is 0. The van der Waals surface area contributed by atoms with Crippen molar-refractivity contribution in [3.05, 3.63) is 29.8 Å². The van der Waals surface area contributed by atoms with Gasteiger partial charge in [0.05, 0.1) is 0 Å². The molecule has 0 aliphatic carbocycles. The van der Waals surface area contributed by atoms with Gasteiger partial charge in [-0.2, -0.15) is 0 Å². The third-order valence-electron chi connectivity index (χ3n) is 2.21. The van der Waals surface area contributed by atoms with E-state index in [1.807, 2.05) is 12.1 Å². The van der Waals surface area contributed by atoms with Crippen LogP contribution >= 0.6 is 0 Å². The van der Waals surface area contributed by atoms with E-state index >= 15 is 0 Å². The van der Waals surface area contributed by atoms with E-state index in [0.29, 0.717) is 0 Å². The zero-order chi connectivity index (χ0) is 10.4. The molecule has 0 radical (unpaired) electrons. The summed E-state index contributed by atoms with van der Waals surface area (Å²) in [6.45, 7) is 6.50. The molecule has 0 aromatic heterocycles. The molecule has 3 N–H and O–H groups in total. The molecule has 0 fully saturated rings. The van der Waals surface area contributed by atoms with Gasteiger partial charge >= 0.3 is 0 Å². The van der Waals surface area contributed by atoms with E-state index in [1.165, 1.54) is 12.0 Å². The zero-order valence-corrected chi connectivity index (χ0v) is 9.09. The monoisotopic (exact) mass is 192 g/mol. The van der Waals surface area contributed by atoms with Crippen molar-refractivity contribution in [2.45, 2.75) is 26.8 Å². The van der Waals surface area contributed by atoms with Crippen LogP contribution in [0, 0.1) is 5.92 Å². The van der Waals surface area contributed by atoms with E-state index in [1.54, 1.807) is 0 Å². The van der Waals surface area contributed by atoms with Gasteiger partial charge in [-0.15, -0.1) is 0 Å². The second kappa shape index (κ2) is 5.66. The molecule has 0 heterocycles. The van der Waals surface area contributed by atoms with Crippen molar-refractivity contribution in [1.82, 2.24) is 5.32 Å². The number of nitrogens with one attached hydrogen (secondary N) is 1. The Bertz CT molecular complexity index is 252. The lowest BCUT2D eigenvalue weighted by molar-refractivity contribution is 0.537. The van der Waals surface area contributed by atoms with E-state index in [-0.39, 0.29) is 0 Å². The molecule has 0 bridgehead atoms. The van der Waals surface area contributed by atoms with Gasteiger partial charge < -0.3 is 11.1 Å². The Hall–Kier alpha value is -1.02. The van der Waals surface area contributed by atoms with Crippen LogP contribution in [-0.4, -0.2) is 6.54 Å². The van der Waals surface area contributed by atoms with Crippen LogP contribution in [0.4, 0.5) is 5.69 Å². The number of rotatable bonds is 5. The van der Waals surface area contributed by atoms with Crippen LogP contribution in [0.5, 0.6) is 0 Å². The minimum Gasteiger partial charge on any atom is -0.399 e. The minimum absolute atomic E-state index is 0.772. The first-order valence-electron chi connectivity index (χ1n) is 5.23. The topological polar surface area (TPSA) is 38.0 Å². The average Bonchev–Trinajstić information content (AvgIpc) is 2.15. The lowest BCUT2D eigenvalue weighted by Crippen LogP contribution is -2.16. The Morgan fingerprint density at radius 1 is 1.21 bits per heavy atom. The summed E-state index contributed by atoms with van der Waals surface area (Å²) in [5.41, 5.74) is 7.72. The van der Waals surface area contributed by atoms with Crippen LogP contribution in [0.2, 0.25) is 0 Å². The van der Waals surface area contributed by atoms with E-state index in [9.17, 15) is 0 Å². The molecule has 0 aliphatic rings. The van der Waals surface area contributed by atoms with Gasteiger partial charge in [-0.05, 0) is 36.6 Å². The predicted octanol–water partition coefficient (Wildman–Crippen LogP) is 2.40. The van der Waals surface area contributed by atoms with Crippen LogP contribution in [0.1, 0.15) is 25.8 Å². The molecule has 2 nitrogen and oxygen atoms in total. The molecule has 2 heteroatoms. The molecule has 0 saturated heterocycles. The van der Waals surface area contributed by atoms with E-state index in [4.69, 9.17) is 5.73 Å². The van der Waals surface area contributed by atoms with Gasteiger partial charge in [0, 0.05) is 12.2 Å². The molecule has 14 heavy (non-hydrogen) atoms. The van der Waals surface area contributed by atoms with Gasteiger partial charge in [0.15, 0.2) is 0 Å². The number of nitrogens with two attached hydrogens (primary N) is 1. The molecule has 0 spiro atoms. The fourth-order valence-corrected chi connectivity index (χ4v) is 1.26. The maximum Gasteiger partial charge on any atom is 0.0314 e. The average molecular weight is 192 g/mol. The SMILES string of the molecule is CC(C)CCNCc1ccc(N)cc1. The van der Waals surface area contributed by atoms with Crippen molar-refractivity contribution in [3.8, 4) is 0 Å². The molecule has 1 aromatic rings. The standard InChI is InChI=1S/C12H20N2/c1-10(2)7-8-14-9-11-3-5-12(13)6-4-11/h3-6,10,14H,7-9,13H2,1-2H3. The molecule has 0 saturated carbocycles. The maximum absolute atomic E-state index is 5.60. The summed E-state index contributed by atoms with van der Waals surface area (Å²) in [4.78, 5) is 0. The molecule has 0 aliphatic heterocycles. The number of nitrogen functional groups attached to an aromatic ring is 1. The van der Waals surface area contributed by atoms with E-state index in [2.05, 4.69) is 31.3 Å². The van der Waals surface area contributed by atoms with Crippen molar-refractivity contribution in [2.24, 2.45) is 5.92 Å². The second-order valence-corrected chi connectivity index (χ2v) is 4.10. The van der Waals surface area contributed by atoms with Crippen LogP contribution in [-0.2, 0) is 6.54 Å². The Kier molecular flexibility index (Phi) is 4.47. The first-order chi connectivity index (χ1) is 6.68. The lowest BCUT2D eigenvalue weighted by Gasteiger charge is -2.07. The summed E-state index contributed by atoms with van der Waals surface area (Å²) in [5.74, 6) is 0.772. The molecular weight excluding hydrogens is 172 g/mol. The molecular formula is C12H20N2. The van der Waals surface area contributed by atoms with Gasteiger partial charge in [0.2, 0.25) is 0 Å². The third kappa shape index (κ3) is 4.28. The Labute approximate surface area is 86.5 Å². The maximum atomic E-state index is 5.60. The lowest BCUT2D eigenvalue weighted by atomic mass is 10.1. The highest BCUT2D eigenvalue weighted by Crippen LogP contribution is 2.05. The summed E-state index contributed by atoms with van der Waals surface area (Å²) in [6, 6.07) is 8.02. The van der Waals surface area contributed by atoms with Crippen molar-refractivity contribution in [3.63, 3.8) is 0 Å². The van der Waals surface area contributed by atoms with E-state index < -0.39 is 0 Å². The van der Waals surface area contributed by atoms with Gasteiger partial charge in [-0.25, -0.2) is 0 Å². The molecule has 1 rings (SSSR count). The van der Waals surface area contributed by atoms with Gasteiger partial charge in [-0.3, -0.25) is 0 Å². The summed E-state index contributed by atoms with van der Waals surface area (Å²) in [5, 5.41) is 3.41. The largest absolute Gasteiger partial charge is 0.399 e. The van der Waals surface area contributed by atoms with E-state index in [0.717, 1.165) is 24.7 Å². The fourth-order valence-electron chi connectivity index (χ4n) is 1.26. The summed E-state index contributed by atoms with van der Waals surface area (Å²) in [6.07, 6.45) is 1.23. The molecule has 78 valence electrons. The van der Waals surface area contributed by atoms with Gasteiger partial charge in [-0.1, -0.05) is 26.0 Å². The van der Waals surface area contributed by atoms with Crippen LogP contribution in [0.25, 0.3) is 0 Å². The summed E-state index contributed by atoms with van der Waals surface area (Å²) in [7, 11) is 0. The minimum atomic E-state index is 0.772. The predicted molar refractivity (Wildman–Crippen MR) is 62.0 cm³/mol. The number of hydrogen-bond donors (Lipinski definition) is 2. The number of benzene rings is 1. The van der Waals surface area contributed by atoms with Crippen LogP contribution in [0.15, 0.2) is 24.3 Å². The highest BCUT2D eigenvalue weighted by Gasteiger charge is 1.94. The highest BCUT2D eigenvalue weighted by atomic mass is 14.8. The van der Waals surface area contributed by atoms with Crippen LogP contribution < -0.4 is 11.1 Å². The Balaban J connectivity index is 2.21. The third-order valence-corrected chi connectivity index (χ3v) is 2.21. The molecule has 0 atom stereocenters. The zero-order valence-electron chi connectivity index (χ0n) is 9.09.